The van der Waals surface area contributed by atoms with Crippen molar-refractivity contribution >= 4 is 35.1 Å². The third-order valence-electron chi connectivity index (χ3n) is 4.27. The van der Waals surface area contributed by atoms with Gasteiger partial charge in [-0.05, 0) is 48.7 Å². The molecular formula is C20H19ClN2O4. The number of benzene rings is 2. The molecule has 1 saturated carbocycles. The second-order valence-electron chi connectivity index (χ2n) is 6.33. The van der Waals surface area contributed by atoms with Gasteiger partial charge in [0.1, 0.15) is 0 Å². The molecule has 0 spiro atoms. The average molecular weight is 387 g/mol. The number of methoxy groups -OCH3 is 1. The molecule has 1 aliphatic carbocycles. The minimum Gasteiger partial charge on any atom is -0.465 e. The largest absolute Gasteiger partial charge is 0.465 e. The number of anilines is 1. The van der Waals surface area contributed by atoms with E-state index in [4.69, 9.17) is 11.6 Å². The van der Waals surface area contributed by atoms with E-state index in [2.05, 4.69) is 15.4 Å². The quantitative estimate of drug-likeness (QED) is 0.745. The van der Waals surface area contributed by atoms with Crippen LogP contribution in [0.5, 0.6) is 0 Å². The SMILES string of the molecule is COC(=O)c1ccc(Cl)c(NC(=O)c2ccc(CNC(=O)C3CC3)cc2)c1. The zero-order valence-electron chi connectivity index (χ0n) is 14.8. The van der Waals surface area contributed by atoms with Gasteiger partial charge in [-0.25, -0.2) is 4.79 Å². The number of ether oxygens (including phenoxy) is 1. The average Bonchev–Trinajstić information content (AvgIpc) is 3.53. The Morgan fingerprint density at radius 2 is 1.74 bits per heavy atom. The van der Waals surface area contributed by atoms with Crippen molar-refractivity contribution in [1.82, 2.24) is 5.32 Å². The molecule has 1 fully saturated rings. The van der Waals surface area contributed by atoms with Gasteiger partial charge >= 0.3 is 5.97 Å². The number of esters is 1. The highest BCUT2D eigenvalue weighted by Crippen LogP contribution is 2.28. The fraction of sp³-hybridized carbons (Fsp3) is 0.250. The number of hydrogen-bond acceptors (Lipinski definition) is 4. The number of hydrogen-bond donors (Lipinski definition) is 2. The van der Waals surface area contributed by atoms with Crippen molar-refractivity contribution < 1.29 is 19.1 Å². The predicted molar refractivity (Wildman–Crippen MR) is 102 cm³/mol. The van der Waals surface area contributed by atoms with Gasteiger partial charge in [-0.1, -0.05) is 23.7 Å². The van der Waals surface area contributed by atoms with Crippen LogP contribution in [0.2, 0.25) is 5.02 Å². The first kappa shape index (κ1) is 18.9. The Morgan fingerprint density at radius 3 is 2.37 bits per heavy atom. The molecule has 2 aromatic rings. The van der Waals surface area contributed by atoms with Crippen LogP contribution in [0.4, 0.5) is 5.69 Å². The third-order valence-corrected chi connectivity index (χ3v) is 4.60. The summed E-state index contributed by atoms with van der Waals surface area (Å²) in [5.74, 6) is -0.621. The number of nitrogens with one attached hydrogen (secondary N) is 2. The van der Waals surface area contributed by atoms with E-state index < -0.39 is 5.97 Å². The standard InChI is InChI=1S/C20H19ClN2O4/c1-27-20(26)15-8-9-16(21)17(10-15)23-19(25)14-4-2-12(3-5-14)11-22-18(24)13-6-7-13/h2-5,8-10,13H,6-7,11H2,1H3,(H,22,24)(H,23,25). The Hall–Kier alpha value is -2.86. The molecule has 0 radical (unpaired) electrons. The lowest BCUT2D eigenvalue weighted by molar-refractivity contribution is -0.122. The van der Waals surface area contributed by atoms with Crippen LogP contribution in [0.1, 0.15) is 39.1 Å². The van der Waals surface area contributed by atoms with E-state index in [0.29, 0.717) is 28.4 Å². The first-order valence-electron chi connectivity index (χ1n) is 8.54. The molecule has 1 aliphatic rings. The molecule has 0 atom stereocenters. The van der Waals surface area contributed by atoms with Gasteiger partial charge in [0.05, 0.1) is 23.4 Å². The van der Waals surface area contributed by atoms with Crippen LogP contribution < -0.4 is 10.6 Å². The molecule has 2 N–H and O–H groups in total. The van der Waals surface area contributed by atoms with E-state index in [-0.39, 0.29) is 17.7 Å². The lowest BCUT2D eigenvalue weighted by Gasteiger charge is -2.10. The minimum absolute atomic E-state index is 0.0805. The molecule has 0 aliphatic heterocycles. The molecule has 0 heterocycles. The van der Waals surface area contributed by atoms with Gasteiger partial charge in [-0.15, -0.1) is 0 Å². The van der Waals surface area contributed by atoms with Gasteiger partial charge < -0.3 is 15.4 Å². The minimum atomic E-state index is -0.514. The van der Waals surface area contributed by atoms with Crippen molar-refractivity contribution in [1.29, 1.82) is 0 Å². The topological polar surface area (TPSA) is 84.5 Å². The molecule has 0 saturated heterocycles. The number of carbonyl (C=O) groups is 3. The summed E-state index contributed by atoms with van der Waals surface area (Å²) < 4.78 is 4.67. The van der Waals surface area contributed by atoms with Gasteiger partial charge in [0.2, 0.25) is 5.91 Å². The van der Waals surface area contributed by atoms with E-state index in [0.717, 1.165) is 18.4 Å². The Labute approximate surface area is 161 Å². The van der Waals surface area contributed by atoms with Gasteiger partial charge in [0.25, 0.3) is 5.91 Å². The molecule has 2 amide bonds. The zero-order chi connectivity index (χ0) is 19.4. The fourth-order valence-corrected chi connectivity index (χ4v) is 2.68. The van der Waals surface area contributed by atoms with Gasteiger partial charge in [-0.3, -0.25) is 9.59 Å². The maximum absolute atomic E-state index is 12.4. The van der Waals surface area contributed by atoms with E-state index in [1.54, 1.807) is 24.3 Å². The monoisotopic (exact) mass is 386 g/mol. The van der Waals surface area contributed by atoms with Gasteiger partial charge in [0, 0.05) is 18.0 Å². The summed E-state index contributed by atoms with van der Waals surface area (Å²) in [6.07, 6.45) is 1.93. The normalized spacial score (nSPS) is 13.0. The fourth-order valence-electron chi connectivity index (χ4n) is 2.51. The van der Waals surface area contributed by atoms with E-state index >= 15 is 0 Å². The number of rotatable bonds is 6. The Morgan fingerprint density at radius 1 is 1.07 bits per heavy atom. The number of amides is 2. The van der Waals surface area contributed by atoms with E-state index in [9.17, 15) is 14.4 Å². The molecule has 7 heteroatoms. The van der Waals surface area contributed by atoms with Crippen LogP contribution in [0.15, 0.2) is 42.5 Å². The molecule has 0 unspecified atom stereocenters. The van der Waals surface area contributed by atoms with Crippen LogP contribution in [0.3, 0.4) is 0 Å². The Balaban J connectivity index is 1.63. The Kier molecular flexibility index (Phi) is 5.76. The van der Waals surface area contributed by atoms with Crippen LogP contribution in [-0.2, 0) is 16.1 Å². The number of carbonyl (C=O) groups excluding carboxylic acids is 3. The van der Waals surface area contributed by atoms with Crippen molar-refractivity contribution in [2.75, 3.05) is 12.4 Å². The summed E-state index contributed by atoms with van der Waals surface area (Å²) in [7, 11) is 1.28. The molecule has 0 aromatic heterocycles. The van der Waals surface area contributed by atoms with Crippen LogP contribution in [0.25, 0.3) is 0 Å². The van der Waals surface area contributed by atoms with Crippen molar-refractivity contribution in [2.24, 2.45) is 5.92 Å². The van der Waals surface area contributed by atoms with Crippen molar-refractivity contribution in [2.45, 2.75) is 19.4 Å². The van der Waals surface area contributed by atoms with Crippen LogP contribution in [0, 0.1) is 5.92 Å². The highest BCUT2D eigenvalue weighted by molar-refractivity contribution is 6.34. The molecule has 2 aromatic carbocycles. The number of halogens is 1. The summed E-state index contributed by atoms with van der Waals surface area (Å²) in [5, 5.41) is 5.88. The van der Waals surface area contributed by atoms with Crippen molar-refractivity contribution in [3.8, 4) is 0 Å². The molecule has 27 heavy (non-hydrogen) atoms. The lowest BCUT2D eigenvalue weighted by atomic mass is 10.1. The summed E-state index contributed by atoms with van der Waals surface area (Å²) >= 11 is 6.10. The highest BCUT2D eigenvalue weighted by atomic mass is 35.5. The van der Waals surface area contributed by atoms with Gasteiger partial charge in [-0.2, -0.15) is 0 Å². The Bertz CT molecular complexity index is 876. The van der Waals surface area contributed by atoms with E-state index in [1.807, 2.05) is 0 Å². The first-order chi connectivity index (χ1) is 13.0. The van der Waals surface area contributed by atoms with Gasteiger partial charge in [0.15, 0.2) is 0 Å². The second kappa shape index (κ2) is 8.22. The van der Waals surface area contributed by atoms with E-state index in [1.165, 1.54) is 25.3 Å². The highest BCUT2D eigenvalue weighted by Gasteiger charge is 2.29. The molecule has 6 nitrogen and oxygen atoms in total. The third kappa shape index (κ3) is 4.86. The summed E-state index contributed by atoms with van der Waals surface area (Å²) in [6, 6.07) is 11.4. The van der Waals surface area contributed by atoms with Crippen LogP contribution in [-0.4, -0.2) is 24.9 Å². The first-order valence-corrected chi connectivity index (χ1v) is 8.91. The molecule has 0 bridgehead atoms. The predicted octanol–water partition coefficient (Wildman–Crippen LogP) is 3.41. The second-order valence-corrected chi connectivity index (χ2v) is 6.74. The summed E-state index contributed by atoms with van der Waals surface area (Å²) in [6.45, 7) is 0.435. The molecule has 3 rings (SSSR count). The zero-order valence-corrected chi connectivity index (χ0v) is 15.5. The maximum Gasteiger partial charge on any atom is 0.337 e. The molecular weight excluding hydrogens is 368 g/mol. The van der Waals surface area contributed by atoms with Crippen molar-refractivity contribution in [3.63, 3.8) is 0 Å². The van der Waals surface area contributed by atoms with Crippen molar-refractivity contribution in [3.05, 3.63) is 64.2 Å². The smallest absolute Gasteiger partial charge is 0.337 e. The summed E-state index contributed by atoms with van der Waals surface area (Å²) in [4.78, 5) is 35.7. The maximum atomic E-state index is 12.4. The summed E-state index contributed by atoms with van der Waals surface area (Å²) in [5.41, 5.74) is 1.96. The molecule has 140 valence electrons. The lowest BCUT2D eigenvalue weighted by Crippen LogP contribution is -2.24. The van der Waals surface area contributed by atoms with Crippen LogP contribution >= 0.6 is 11.6 Å².